The Morgan fingerprint density at radius 2 is 2.05 bits per heavy atom. The van der Waals surface area contributed by atoms with Crippen LogP contribution in [0.15, 0.2) is 23.2 Å². The van der Waals surface area contributed by atoms with Gasteiger partial charge in [-0.15, -0.1) is 24.0 Å². The predicted molar refractivity (Wildman–Crippen MR) is 96.7 cm³/mol. The number of hydrogen-bond acceptors (Lipinski definition) is 1. The molecule has 0 aliphatic heterocycles. The Labute approximate surface area is 139 Å². The first kappa shape index (κ1) is 17.3. The molecule has 0 spiro atoms. The molecular weight excluding hydrogens is 361 g/mol. The van der Waals surface area contributed by atoms with Gasteiger partial charge in [-0.1, -0.05) is 32.0 Å². The van der Waals surface area contributed by atoms with Gasteiger partial charge in [0, 0.05) is 6.54 Å². The molecule has 0 radical (unpaired) electrons. The highest BCUT2D eigenvalue weighted by Gasteiger charge is 2.10. The van der Waals surface area contributed by atoms with Crippen LogP contribution in [0, 0.1) is 5.92 Å². The molecule has 0 amide bonds. The van der Waals surface area contributed by atoms with Gasteiger partial charge in [0.2, 0.25) is 0 Å². The maximum absolute atomic E-state index is 5.86. The summed E-state index contributed by atoms with van der Waals surface area (Å²) in [6.45, 7) is 5.99. The third-order valence-corrected chi connectivity index (χ3v) is 3.62. The Balaban J connectivity index is 0.00000200. The molecule has 3 N–H and O–H groups in total. The van der Waals surface area contributed by atoms with E-state index in [2.05, 4.69) is 42.4 Å². The van der Waals surface area contributed by atoms with Gasteiger partial charge in [0.15, 0.2) is 5.96 Å². The van der Waals surface area contributed by atoms with Gasteiger partial charge in [0.05, 0.1) is 6.54 Å². The summed E-state index contributed by atoms with van der Waals surface area (Å²) >= 11 is 0. The summed E-state index contributed by atoms with van der Waals surface area (Å²) in [7, 11) is 0. The van der Waals surface area contributed by atoms with Crippen molar-refractivity contribution >= 4 is 29.9 Å². The zero-order chi connectivity index (χ0) is 13.7. The maximum Gasteiger partial charge on any atom is 0.188 e. The lowest BCUT2D eigenvalue weighted by Crippen LogP contribution is -2.32. The zero-order valence-electron chi connectivity index (χ0n) is 12.5. The lowest BCUT2D eigenvalue weighted by atomic mass is 10.1. The SMILES string of the molecule is CC(C)CCNC(N)=NCc1ccc2c(c1)CCC2.I. The quantitative estimate of drug-likeness (QED) is 0.463. The average Bonchev–Trinajstić information content (AvgIpc) is 2.83. The molecule has 0 heterocycles. The van der Waals surface area contributed by atoms with Crippen LogP contribution in [0.25, 0.3) is 0 Å². The van der Waals surface area contributed by atoms with Crippen LogP contribution in [-0.4, -0.2) is 12.5 Å². The molecule has 3 nitrogen and oxygen atoms in total. The Kier molecular flexibility index (Phi) is 7.34. The van der Waals surface area contributed by atoms with E-state index >= 15 is 0 Å². The molecule has 2 rings (SSSR count). The van der Waals surface area contributed by atoms with Gasteiger partial charge in [0.1, 0.15) is 0 Å². The highest BCUT2D eigenvalue weighted by molar-refractivity contribution is 14.0. The normalized spacial score (nSPS) is 14.1. The van der Waals surface area contributed by atoms with Gasteiger partial charge in [-0.2, -0.15) is 0 Å². The summed E-state index contributed by atoms with van der Waals surface area (Å²) in [6, 6.07) is 6.71. The maximum atomic E-state index is 5.86. The monoisotopic (exact) mass is 387 g/mol. The van der Waals surface area contributed by atoms with E-state index in [1.807, 2.05) is 0 Å². The third kappa shape index (κ3) is 5.31. The summed E-state index contributed by atoms with van der Waals surface area (Å²) in [5, 5.41) is 3.16. The lowest BCUT2D eigenvalue weighted by Gasteiger charge is -2.08. The second-order valence-corrected chi connectivity index (χ2v) is 5.77. The molecule has 4 heteroatoms. The molecule has 1 aliphatic carbocycles. The minimum Gasteiger partial charge on any atom is -0.370 e. The van der Waals surface area contributed by atoms with Gasteiger partial charge in [-0.3, -0.25) is 0 Å². The molecule has 0 unspecified atom stereocenters. The zero-order valence-corrected chi connectivity index (χ0v) is 14.8. The fourth-order valence-corrected chi connectivity index (χ4v) is 2.44. The van der Waals surface area contributed by atoms with Crippen molar-refractivity contribution < 1.29 is 0 Å². The van der Waals surface area contributed by atoms with Crippen LogP contribution < -0.4 is 11.1 Å². The van der Waals surface area contributed by atoms with Crippen molar-refractivity contribution in [2.24, 2.45) is 16.6 Å². The number of fused-ring (bicyclic) bond motifs is 1. The Morgan fingerprint density at radius 1 is 1.30 bits per heavy atom. The van der Waals surface area contributed by atoms with E-state index in [1.54, 1.807) is 0 Å². The van der Waals surface area contributed by atoms with Crippen LogP contribution in [0.1, 0.15) is 43.4 Å². The van der Waals surface area contributed by atoms with E-state index in [-0.39, 0.29) is 24.0 Å². The number of halogens is 1. The Morgan fingerprint density at radius 3 is 2.80 bits per heavy atom. The summed E-state index contributed by atoms with van der Waals surface area (Å²) in [4.78, 5) is 4.40. The Hall–Kier alpha value is -0.780. The van der Waals surface area contributed by atoms with Crippen LogP contribution in [0.2, 0.25) is 0 Å². The molecule has 0 aromatic heterocycles. The van der Waals surface area contributed by atoms with E-state index in [0.29, 0.717) is 18.4 Å². The largest absolute Gasteiger partial charge is 0.370 e. The molecule has 0 atom stereocenters. The minimum absolute atomic E-state index is 0. The summed E-state index contributed by atoms with van der Waals surface area (Å²) in [5.74, 6) is 1.25. The van der Waals surface area contributed by atoms with Crippen molar-refractivity contribution in [2.75, 3.05) is 6.54 Å². The first-order chi connectivity index (χ1) is 9.15. The van der Waals surface area contributed by atoms with Crippen molar-refractivity contribution in [2.45, 2.75) is 46.1 Å². The van der Waals surface area contributed by atoms with Gasteiger partial charge in [0.25, 0.3) is 0 Å². The van der Waals surface area contributed by atoms with Crippen LogP contribution in [0.4, 0.5) is 0 Å². The van der Waals surface area contributed by atoms with Crippen LogP contribution in [0.5, 0.6) is 0 Å². The van der Waals surface area contributed by atoms with Gasteiger partial charge in [-0.05, 0) is 48.3 Å². The van der Waals surface area contributed by atoms with E-state index in [1.165, 1.54) is 36.0 Å². The number of hydrogen-bond donors (Lipinski definition) is 2. The highest BCUT2D eigenvalue weighted by Crippen LogP contribution is 2.22. The Bertz CT molecular complexity index is 455. The number of rotatable bonds is 5. The number of nitrogens with zero attached hydrogens (tertiary/aromatic N) is 1. The standard InChI is InChI=1S/C16H25N3.HI/c1-12(2)8-9-18-16(17)19-11-13-6-7-14-4-3-5-15(14)10-13;/h6-7,10,12H,3-5,8-9,11H2,1-2H3,(H3,17,18,19);1H. The molecular formula is C16H26IN3. The van der Waals surface area contributed by atoms with E-state index < -0.39 is 0 Å². The molecule has 112 valence electrons. The van der Waals surface area contributed by atoms with Gasteiger partial charge in [-0.25, -0.2) is 4.99 Å². The molecule has 1 aromatic carbocycles. The fourth-order valence-electron chi connectivity index (χ4n) is 2.44. The highest BCUT2D eigenvalue weighted by atomic mass is 127. The van der Waals surface area contributed by atoms with Gasteiger partial charge >= 0.3 is 0 Å². The van der Waals surface area contributed by atoms with Crippen LogP contribution in [0.3, 0.4) is 0 Å². The minimum atomic E-state index is 0. The second kappa shape index (κ2) is 8.49. The van der Waals surface area contributed by atoms with E-state index in [0.717, 1.165) is 13.0 Å². The van der Waals surface area contributed by atoms with E-state index in [9.17, 15) is 0 Å². The summed E-state index contributed by atoms with van der Waals surface area (Å²) in [5.41, 5.74) is 10.1. The molecule has 0 fully saturated rings. The molecule has 1 aromatic rings. The molecule has 0 bridgehead atoms. The molecule has 0 saturated carbocycles. The van der Waals surface area contributed by atoms with Crippen molar-refractivity contribution in [1.29, 1.82) is 0 Å². The van der Waals surface area contributed by atoms with E-state index in [4.69, 9.17) is 5.73 Å². The molecule has 20 heavy (non-hydrogen) atoms. The molecule has 1 aliphatic rings. The number of nitrogens with one attached hydrogen (secondary N) is 1. The third-order valence-electron chi connectivity index (χ3n) is 3.62. The van der Waals surface area contributed by atoms with Crippen molar-refractivity contribution in [1.82, 2.24) is 5.32 Å². The number of benzene rings is 1. The predicted octanol–water partition coefficient (Wildman–Crippen LogP) is 3.24. The van der Waals surface area contributed by atoms with Crippen molar-refractivity contribution in [3.8, 4) is 0 Å². The number of guanidine groups is 1. The number of aliphatic imine (C=N–C) groups is 1. The number of aryl methyl sites for hydroxylation is 2. The fraction of sp³-hybridized carbons (Fsp3) is 0.562. The first-order valence-electron chi connectivity index (χ1n) is 7.29. The summed E-state index contributed by atoms with van der Waals surface area (Å²) < 4.78 is 0. The smallest absolute Gasteiger partial charge is 0.188 e. The lowest BCUT2D eigenvalue weighted by molar-refractivity contribution is 0.576. The first-order valence-corrected chi connectivity index (χ1v) is 7.29. The van der Waals surface area contributed by atoms with Crippen molar-refractivity contribution in [3.63, 3.8) is 0 Å². The van der Waals surface area contributed by atoms with Crippen LogP contribution in [-0.2, 0) is 19.4 Å². The average molecular weight is 387 g/mol. The molecule has 0 saturated heterocycles. The second-order valence-electron chi connectivity index (χ2n) is 5.77. The van der Waals surface area contributed by atoms with Gasteiger partial charge < -0.3 is 11.1 Å². The number of nitrogens with two attached hydrogens (primary N) is 1. The summed E-state index contributed by atoms with van der Waals surface area (Å²) in [6.07, 6.45) is 4.86. The topological polar surface area (TPSA) is 50.4 Å². The van der Waals surface area contributed by atoms with Crippen molar-refractivity contribution in [3.05, 3.63) is 34.9 Å². The van der Waals surface area contributed by atoms with Crippen LogP contribution >= 0.6 is 24.0 Å².